The Hall–Kier alpha value is -0.250. The molecule has 0 bridgehead atoms. The maximum absolute atomic E-state index is 6.05. The zero-order valence-corrected chi connectivity index (χ0v) is 14.3. The van der Waals surface area contributed by atoms with E-state index in [1.165, 1.54) is 11.3 Å². The van der Waals surface area contributed by atoms with Crippen LogP contribution in [-0.2, 0) is 5.88 Å². The van der Waals surface area contributed by atoms with Gasteiger partial charge in [0.15, 0.2) is 0 Å². The van der Waals surface area contributed by atoms with Gasteiger partial charge in [-0.3, -0.25) is 4.90 Å². The van der Waals surface area contributed by atoms with Crippen molar-refractivity contribution in [1.29, 1.82) is 0 Å². The molecule has 2 rings (SSSR count). The van der Waals surface area contributed by atoms with Crippen LogP contribution in [0.5, 0.6) is 0 Å². The third-order valence-electron chi connectivity index (χ3n) is 3.76. The minimum atomic E-state index is 0.263. The zero-order valence-electron chi connectivity index (χ0n) is 11.9. The van der Waals surface area contributed by atoms with Gasteiger partial charge in [-0.25, -0.2) is 0 Å². The molecule has 2 nitrogen and oxygen atoms in total. The lowest BCUT2D eigenvalue weighted by Crippen LogP contribution is -2.53. The summed E-state index contributed by atoms with van der Waals surface area (Å²) in [5, 5.41) is 0. The fourth-order valence-electron chi connectivity index (χ4n) is 2.56. The number of piperazine rings is 1. The van der Waals surface area contributed by atoms with E-state index in [-0.39, 0.29) is 5.54 Å². The van der Waals surface area contributed by atoms with E-state index < -0.39 is 0 Å². The van der Waals surface area contributed by atoms with Gasteiger partial charge >= 0.3 is 0 Å². The van der Waals surface area contributed by atoms with Crippen LogP contribution in [0.25, 0.3) is 0 Å². The molecule has 1 aliphatic rings. The largest absolute Gasteiger partial charge is 0.369 e. The van der Waals surface area contributed by atoms with Crippen LogP contribution in [0.15, 0.2) is 22.7 Å². The summed E-state index contributed by atoms with van der Waals surface area (Å²) in [6.45, 7) is 11.2. The first-order valence-electron chi connectivity index (χ1n) is 6.76. The van der Waals surface area contributed by atoms with Crippen molar-refractivity contribution in [3.8, 4) is 0 Å². The lowest BCUT2D eigenvalue weighted by molar-refractivity contribution is 0.128. The summed E-state index contributed by atoms with van der Waals surface area (Å²) in [4.78, 5) is 4.99. The molecule has 19 heavy (non-hydrogen) atoms. The number of benzene rings is 1. The summed E-state index contributed by atoms with van der Waals surface area (Å²) >= 11 is 9.61. The molecule has 1 aliphatic heterocycles. The van der Waals surface area contributed by atoms with E-state index in [1.807, 2.05) is 0 Å². The molecule has 1 heterocycles. The zero-order chi connectivity index (χ0) is 14.0. The number of halogens is 2. The minimum Gasteiger partial charge on any atom is -0.369 e. The Morgan fingerprint density at radius 2 is 1.79 bits per heavy atom. The van der Waals surface area contributed by atoms with Gasteiger partial charge in [-0.15, -0.1) is 11.6 Å². The Kier molecular flexibility index (Phi) is 4.80. The minimum absolute atomic E-state index is 0.263. The fourth-order valence-corrected chi connectivity index (χ4v) is 3.14. The first kappa shape index (κ1) is 15.1. The van der Waals surface area contributed by atoms with Gasteiger partial charge in [0.1, 0.15) is 0 Å². The Balaban J connectivity index is 2.11. The van der Waals surface area contributed by atoms with Crippen molar-refractivity contribution < 1.29 is 0 Å². The number of hydrogen-bond acceptors (Lipinski definition) is 2. The van der Waals surface area contributed by atoms with Gasteiger partial charge in [0, 0.05) is 47.8 Å². The van der Waals surface area contributed by atoms with Crippen LogP contribution in [0, 0.1) is 0 Å². The summed E-state index contributed by atoms with van der Waals surface area (Å²) in [6.07, 6.45) is 0. The number of hydrogen-bond donors (Lipinski definition) is 0. The van der Waals surface area contributed by atoms with E-state index in [0.717, 1.165) is 30.7 Å². The number of nitrogens with zero attached hydrogens (tertiary/aromatic N) is 2. The van der Waals surface area contributed by atoms with Gasteiger partial charge in [-0.1, -0.05) is 22.0 Å². The number of alkyl halides is 1. The molecule has 0 amide bonds. The Labute approximate surface area is 129 Å². The highest BCUT2D eigenvalue weighted by Gasteiger charge is 2.26. The summed E-state index contributed by atoms with van der Waals surface area (Å²) in [7, 11) is 0. The van der Waals surface area contributed by atoms with Gasteiger partial charge in [0.25, 0.3) is 0 Å². The molecule has 0 spiro atoms. The standard InChI is InChI=1S/C15H22BrClN2/c1-15(2,3)19-8-6-18(7-9-19)14-10-13(16)5-4-12(14)11-17/h4-5,10H,6-9,11H2,1-3H3. The lowest BCUT2D eigenvalue weighted by atomic mass is 10.0. The third kappa shape index (κ3) is 3.65. The van der Waals surface area contributed by atoms with Crippen LogP contribution in [0.2, 0.25) is 0 Å². The molecule has 0 radical (unpaired) electrons. The van der Waals surface area contributed by atoms with Crippen LogP contribution in [0.3, 0.4) is 0 Å². The van der Waals surface area contributed by atoms with Crippen molar-refractivity contribution in [3.05, 3.63) is 28.2 Å². The van der Waals surface area contributed by atoms with E-state index in [9.17, 15) is 0 Å². The maximum Gasteiger partial charge on any atom is 0.0494 e. The second-order valence-electron chi connectivity index (χ2n) is 6.05. The molecule has 0 aromatic heterocycles. The summed E-state index contributed by atoms with van der Waals surface area (Å²) in [5.41, 5.74) is 2.76. The maximum atomic E-state index is 6.05. The molecule has 0 unspecified atom stereocenters. The molecule has 0 saturated carbocycles. The van der Waals surface area contributed by atoms with E-state index in [4.69, 9.17) is 11.6 Å². The molecule has 1 saturated heterocycles. The van der Waals surface area contributed by atoms with Crippen molar-refractivity contribution in [2.24, 2.45) is 0 Å². The van der Waals surface area contributed by atoms with Crippen molar-refractivity contribution in [2.45, 2.75) is 32.2 Å². The Morgan fingerprint density at radius 1 is 1.16 bits per heavy atom. The van der Waals surface area contributed by atoms with E-state index in [2.05, 4.69) is 64.7 Å². The quantitative estimate of drug-likeness (QED) is 0.744. The highest BCUT2D eigenvalue weighted by molar-refractivity contribution is 9.10. The normalized spacial score (nSPS) is 17.8. The van der Waals surface area contributed by atoms with E-state index >= 15 is 0 Å². The summed E-state index contributed by atoms with van der Waals surface area (Å²) < 4.78 is 1.12. The molecule has 106 valence electrons. The molecular formula is C15H22BrClN2. The number of rotatable bonds is 2. The molecule has 1 fully saturated rings. The molecule has 0 N–H and O–H groups in total. The van der Waals surface area contributed by atoms with Crippen LogP contribution in [-0.4, -0.2) is 36.6 Å². The first-order valence-corrected chi connectivity index (χ1v) is 8.09. The number of anilines is 1. The van der Waals surface area contributed by atoms with Crippen molar-refractivity contribution in [1.82, 2.24) is 4.90 Å². The highest BCUT2D eigenvalue weighted by atomic mass is 79.9. The lowest BCUT2D eigenvalue weighted by Gasteiger charge is -2.43. The SMILES string of the molecule is CC(C)(C)N1CCN(c2cc(Br)ccc2CCl)CC1. The Bertz CT molecular complexity index is 434. The molecule has 0 aliphatic carbocycles. The van der Waals surface area contributed by atoms with E-state index in [1.54, 1.807) is 0 Å². The first-order chi connectivity index (χ1) is 8.91. The van der Waals surface area contributed by atoms with Gasteiger partial charge in [-0.2, -0.15) is 0 Å². The second kappa shape index (κ2) is 6.02. The fraction of sp³-hybridized carbons (Fsp3) is 0.600. The van der Waals surface area contributed by atoms with E-state index in [0.29, 0.717) is 5.88 Å². The predicted octanol–water partition coefficient (Wildman–Crippen LogP) is 4.11. The monoisotopic (exact) mass is 344 g/mol. The second-order valence-corrected chi connectivity index (χ2v) is 7.23. The van der Waals surface area contributed by atoms with Crippen LogP contribution in [0.1, 0.15) is 26.3 Å². The highest BCUT2D eigenvalue weighted by Crippen LogP contribution is 2.28. The Morgan fingerprint density at radius 3 is 2.32 bits per heavy atom. The average molecular weight is 346 g/mol. The van der Waals surface area contributed by atoms with Gasteiger partial charge in [0.05, 0.1) is 0 Å². The van der Waals surface area contributed by atoms with Crippen LogP contribution >= 0.6 is 27.5 Å². The summed E-state index contributed by atoms with van der Waals surface area (Å²) in [6, 6.07) is 6.36. The van der Waals surface area contributed by atoms with Gasteiger partial charge in [0.2, 0.25) is 0 Å². The predicted molar refractivity (Wildman–Crippen MR) is 87.2 cm³/mol. The topological polar surface area (TPSA) is 6.48 Å². The molecular weight excluding hydrogens is 324 g/mol. The van der Waals surface area contributed by atoms with Crippen molar-refractivity contribution >= 4 is 33.2 Å². The molecule has 4 heteroatoms. The van der Waals surface area contributed by atoms with Crippen molar-refractivity contribution in [2.75, 3.05) is 31.1 Å². The third-order valence-corrected chi connectivity index (χ3v) is 4.54. The smallest absolute Gasteiger partial charge is 0.0494 e. The summed E-state index contributed by atoms with van der Waals surface area (Å²) in [5.74, 6) is 0.572. The van der Waals surface area contributed by atoms with Crippen molar-refractivity contribution in [3.63, 3.8) is 0 Å². The molecule has 0 atom stereocenters. The molecule has 1 aromatic rings. The van der Waals surface area contributed by atoms with Gasteiger partial charge < -0.3 is 4.90 Å². The van der Waals surface area contributed by atoms with Crippen LogP contribution < -0.4 is 4.90 Å². The van der Waals surface area contributed by atoms with Gasteiger partial charge in [-0.05, 0) is 38.5 Å². The van der Waals surface area contributed by atoms with Crippen LogP contribution in [0.4, 0.5) is 5.69 Å². The average Bonchev–Trinajstić information content (AvgIpc) is 2.38. The molecule has 1 aromatic carbocycles.